The van der Waals surface area contributed by atoms with Crippen molar-refractivity contribution in [2.45, 2.75) is 26.1 Å². The van der Waals surface area contributed by atoms with Crippen LogP contribution in [0.5, 0.6) is 0 Å². The Hall–Kier alpha value is -2.40. The highest BCUT2D eigenvalue weighted by atomic mass is 16.5. The Morgan fingerprint density at radius 3 is 2.48 bits per heavy atom. The average molecular weight is 308 g/mol. The molecule has 1 fully saturated rings. The van der Waals surface area contributed by atoms with Crippen molar-refractivity contribution in [2.75, 3.05) is 18.0 Å². The Kier molecular flexibility index (Phi) is 3.50. The van der Waals surface area contributed by atoms with Crippen LogP contribution in [0.3, 0.4) is 0 Å². The molecule has 0 bridgehead atoms. The first-order chi connectivity index (χ1) is 11.2. The fraction of sp³-hybridized carbons (Fsp3) is 0.333. The lowest BCUT2D eigenvalue weighted by Gasteiger charge is -2.35. The maximum Gasteiger partial charge on any atom is 0.154 e. The van der Waals surface area contributed by atoms with E-state index in [1.165, 1.54) is 0 Å². The normalized spacial score (nSPS) is 21.7. The fourth-order valence-electron chi connectivity index (χ4n) is 3.20. The summed E-state index contributed by atoms with van der Waals surface area (Å²) in [6.07, 6.45) is 2.31. The van der Waals surface area contributed by atoms with Crippen molar-refractivity contribution in [1.29, 1.82) is 0 Å². The maximum atomic E-state index is 5.81. The van der Waals surface area contributed by atoms with Crippen LogP contribution in [0, 0.1) is 0 Å². The smallest absolute Gasteiger partial charge is 0.154 e. The van der Waals surface area contributed by atoms with Gasteiger partial charge in [-0.2, -0.15) is 0 Å². The number of benzene rings is 1. The van der Waals surface area contributed by atoms with E-state index in [2.05, 4.69) is 35.9 Å². The van der Waals surface area contributed by atoms with Gasteiger partial charge in [-0.15, -0.1) is 5.10 Å². The van der Waals surface area contributed by atoms with Gasteiger partial charge < -0.3 is 9.64 Å². The molecule has 0 spiro atoms. The molecule has 118 valence electrons. The molecule has 0 unspecified atom stereocenters. The molecule has 2 aromatic heterocycles. The van der Waals surface area contributed by atoms with Gasteiger partial charge in [0.2, 0.25) is 0 Å². The lowest BCUT2D eigenvalue weighted by atomic mass is 10.2. The number of imidazole rings is 1. The molecule has 2 atom stereocenters. The van der Waals surface area contributed by atoms with Crippen LogP contribution in [0.15, 0.2) is 48.7 Å². The molecule has 1 saturated heterocycles. The standard InChI is InChI=1S/C18H20N4O/c1-13-11-21(12-14(2)23-13)18-9-8-17-19-10-16(22(17)20-18)15-6-4-3-5-7-15/h3-10,13-14H,11-12H2,1-2H3/t13-,14+. The number of nitrogens with zero attached hydrogens (tertiary/aromatic N) is 4. The van der Waals surface area contributed by atoms with E-state index in [-0.39, 0.29) is 12.2 Å². The molecule has 0 saturated carbocycles. The molecule has 5 nitrogen and oxygen atoms in total. The molecule has 5 heteroatoms. The van der Waals surface area contributed by atoms with E-state index in [0.29, 0.717) is 0 Å². The van der Waals surface area contributed by atoms with Gasteiger partial charge in [0.05, 0.1) is 24.1 Å². The molecule has 1 aliphatic rings. The van der Waals surface area contributed by atoms with Crippen LogP contribution in [-0.4, -0.2) is 39.9 Å². The second-order valence-corrected chi connectivity index (χ2v) is 6.13. The molecule has 0 aliphatic carbocycles. The molecule has 4 rings (SSSR count). The van der Waals surface area contributed by atoms with Crippen molar-refractivity contribution in [2.24, 2.45) is 0 Å². The predicted octanol–water partition coefficient (Wildman–Crippen LogP) is 3.01. The highest BCUT2D eigenvalue weighted by Gasteiger charge is 2.23. The Morgan fingerprint density at radius 1 is 1.00 bits per heavy atom. The van der Waals surface area contributed by atoms with Crippen molar-refractivity contribution in [3.8, 4) is 11.3 Å². The summed E-state index contributed by atoms with van der Waals surface area (Å²) in [5, 5.41) is 4.83. The predicted molar refractivity (Wildman–Crippen MR) is 90.6 cm³/mol. The number of anilines is 1. The van der Waals surface area contributed by atoms with E-state index >= 15 is 0 Å². The zero-order chi connectivity index (χ0) is 15.8. The summed E-state index contributed by atoms with van der Waals surface area (Å²) in [5.74, 6) is 0.967. The van der Waals surface area contributed by atoms with Crippen molar-refractivity contribution in [3.05, 3.63) is 48.7 Å². The van der Waals surface area contributed by atoms with E-state index in [9.17, 15) is 0 Å². The first kappa shape index (κ1) is 14.2. The summed E-state index contributed by atoms with van der Waals surface area (Å²) < 4.78 is 7.74. The Bertz CT molecular complexity index is 804. The maximum absolute atomic E-state index is 5.81. The molecule has 3 aromatic rings. The highest BCUT2D eigenvalue weighted by Crippen LogP contribution is 2.23. The van der Waals surface area contributed by atoms with Gasteiger partial charge in [0.15, 0.2) is 5.65 Å². The van der Waals surface area contributed by atoms with Crippen molar-refractivity contribution in [3.63, 3.8) is 0 Å². The summed E-state index contributed by atoms with van der Waals surface area (Å²) in [7, 11) is 0. The fourth-order valence-corrected chi connectivity index (χ4v) is 3.20. The molecule has 1 aliphatic heterocycles. The lowest BCUT2D eigenvalue weighted by Crippen LogP contribution is -2.46. The van der Waals surface area contributed by atoms with Crippen molar-refractivity contribution < 1.29 is 4.74 Å². The summed E-state index contributed by atoms with van der Waals surface area (Å²) in [4.78, 5) is 6.75. The third-order valence-corrected chi connectivity index (χ3v) is 4.16. The Labute approximate surface area is 135 Å². The van der Waals surface area contributed by atoms with Crippen molar-refractivity contribution in [1.82, 2.24) is 14.6 Å². The zero-order valence-electron chi connectivity index (χ0n) is 13.4. The monoisotopic (exact) mass is 308 g/mol. The van der Waals surface area contributed by atoms with Crippen LogP contribution in [0.25, 0.3) is 16.9 Å². The number of hydrogen-bond donors (Lipinski definition) is 0. The molecular formula is C18H20N4O. The molecule has 0 radical (unpaired) electrons. The Morgan fingerprint density at radius 2 is 1.74 bits per heavy atom. The van der Waals surface area contributed by atoms with Gasteiger partial charge in [0.1, 0.15) is 5.82 Å². The van der Waals surface area contributed by atoms with Gasteiger partial charge in [-0.05, 0) is 26.0 Å². The molecule has 1 aromatic carbocycles. The van der Waals surface area contributed by atoms with Gasteiger partial charge >= 0.3 is 0 Å². The summed E-state index contributed by atoms with van der Waals surface area (Å²) in [5.41, 5.74) is 2.99. The van der Waals surface area contributed by atoms with E-state index in [1.54, 1.807) is 0 Å². The Balaban J connectivity index is 1.75. The highest BCUT2D eigenvalue weighted by molar-refractivity contribution is 5.63. The number of ether oxygens (including phenoxy) is 1. The second-order valence-electron chi connectivity index (χ2n) is 6.13. The van der Waals surface area contributed by atoms with Gasteiger partial charge in [-0.3, -0.25) is 0 Å². The third kappa shape index (κ3) is 2.68. The molecule has 0 N–H and O–H groups in total. The first-order valence-electron chi connectivity index (χ1n) is 8.01. The minimum atomic E-state index is 0.215. The largest absolute Gasteiger partial charge is 0.372 e. The number of morpholine rings is 1. The van der Waals surface area contributed by atoms with Crippen LogP contribution < -0.4 is 4.90 Å². The van der Waals surface area contributed by atoms with Crippen LogP contribution in [0.4, 0.5) is 5.82 Å². The van der Waals surface area contributed by atoms with Crippen LogP contribution >= 0.6 is 0 Å². The number of hydrogen-bond acceptors (Lipinski definition) is 4. The molecule has 23 heavy (non-hydrogen) atoms. The summed E-state index contributed by atoms with van der Waals surface area (Å²) in [6, 6.07) is 14.3. The van der Waals surface area contributed by atoms with Gasteiger partial charge in [0.25, 0.3) is 0 Å². The quantitative estimate of drug-likeness (QED) is 0.730. The van der Waals surface area contributed by atoms with Gasteiger partial charge in [-0.25, -0.2) is 9.50 Å². The van der Waals surface area contributed by atoms with E-state index in [4.69, 9.17) is 9.84 Å². The lowest BCUT2D eigenvalue weighted by molar-refractivity contribution is -0.00551. The minimum Gasteiger partial charge on any atom is -0.372 e. The zero-order valence-corrected chi connectivity index (χ0v) is 13.4. The molecule has 0 amide bonds. The number of fused-ring (bicyclic) bond motifs is 1. The van der Waals surface area contributed by atoms with Crippen LogP contribution in [0.2, 0.25) is 0 Å². The third-order valence-electron chi connectivity index (χ3n) is 4.16. The molecule has 3 heterocycles. The van der Waals surface area contributed by atoms with Crippen LogP contribution in [-0.2, 0) is 4.74 Å². The number of rotatable bonds is 2. The first-order valence-corrected chi connectivity index (χ1v) is 8.01. The van der Waals surface area contributed by atoms with Crippen molar-refractivity contribution >= 4 is 11.5 Å². The summed E-state index contributed by atoms with van der Waals surface area (Å²) >= 11 is 0. The number of aromatic nitrogens is 3. The SMILES string of the molecule is C[C@@H]1CN(c2ccc3ncc(-c4ccccc4)n3n2)C[C@H](C)O1. The van der Waals surface area contributed by atoms with Gasteiger partial charge in [0, 0.05) is 18.7 Å². The van der Waals surface area contributed by atoms with E-state index < -0.39 is 0 Å². The summed E-state index contributed by atoms with van der Waals surface area (Å²) in [6.45, 7) is 5.93. The van der Waals surface area contributed by atoms with E-state index in [1.807, 2.05) is 41.0 Å². The second kappa shape index (κ2) is 5.66. The topological polar surface area (TPSA) is 42.7 Å². The average Bonchev–Trinajstić information content (AvgIpc) is 2.98. The molecular weight excluding hydrogens is 288 g/mol. The van der Waals surface area contributed by atoms with Crippen LogP contribution in [0.1, 0.15) is 13.8 Å². The minimum absolute atomic E-state index is 0.215. The van der Waals surface area contributed by atoms with Gasteiger partial charge in [-0.1, -0.05) is 30.3 Å². The van der Waals surface area contributed by atoms with E-state index in [0.717, 1.165) is 35.8 Å².